The molecule has 3 aromatic rings. The number of hydrogen-bond donors (Lipinski definition) is 2. The highest BCUT2D eigenvalue weighted by Gasteiger charge is 2.57. The third-order valence-electron chi connectivity index (χ3n) is 8.86. The normalized spacial score (nSPS) is 20.9. The first kappa shape index (κ1) is 28.9. The first-order chi connectivity index (χ1) is 19.4. The van der Waals surface area contributed by atoms with Crippen LogP contribution in [0.4, 0.5) is 11.4 Å². The van der Waals surface area contributed by atoms with Crippen LogP contribution in [0.25, 0.3) is 5.57 Å². The van der Waals surface area contributed by atoms with Crippen LogP contribution in [0.2, 0.25) is 0 Å². The highest BCUT2D eigenvalue weighted by Crippen LogP contribution is 2.67. The molecule has 2 N–H and O–H groups in total. The van der Waals surface area contributed by atoms with Gasteiger partial charge < -0.3 is 5.32 Å². The molecule has 3 aromatic carbocycles. The van der Waals surface area contributed by atoms with E-state index in [1.807, 2.05) is 42.5 Å². The monoisotopic (exact) mass is 591 g/mol. The van der Waals surface area contributed by atoms with Crippen molar-refractivity contribution >= 4 is 44.6 Å². The number of amides is 1. The molecule has 0 heterocycles. The molecule has 1 saturated carbocycles. The van der Waals surface area contributed by atoms with Gasteiger partial charge in [0.15, 0.2) is 0 Å². The van der Waals surface area contributed by atoms with E-state index in [0.717, 1.165) is 22.9 Å². The number of allylic oxidation sites excluding steroid dienone is 2. The zero-order valence-electron chi connectivity index (χ0n) is 23.2. The van der Waals surface area contributed by atoms with E-state index in [-0.39, 0.29) is 32.7 Å². The van der Waals surface area contributed by atoms with E-state index in [1.165, 1.54) is 24.1 Å². The minimum Gasteiger partial charge on any atom is -0.379 e. The second kappa shape index (κ2) is 11.0. The maximum atomic E-state index is 13.0. The number of nitro benzene ring substituents is 1. The quantitative estimate of drug-likeness (QED) is 0.116. The van der Waals surface area contributed by atoms with Gasteiger partial charge in [0.1, 0.15) is 5.69 Å². The molecular weight excluding hydrogens is 558 g/mol. The summed E-state index contributed by atoms with van der Waals surface area (Å²) in [6.07, 6.45) is 4.63. The molecule has 2 atom stereocenters. The largest absolute Gasteiger partial charge is 0.379 e. The highest BCUT2D eigenvalue weighted by molar-refractivity contribution is 7.99. The topological polar surface area (TPSA) is 118 Å². The van der Waals surface area contributed by atoms with E-state index in [1.54, 1.807) is 23.9 Å². The smallest absolute Gasteiger partial charge is 0.293 e. The fourth-order valence-electron chi connectivity index (χ4n) is 6.00. The lowest BCUT2D eigenvalue weighted by Gasteiger charge is -2.37. The number of carbonyl (C=O) groups excluding carboxylic acids is 1. The Labute approximate surface area is 244 Å². The number of carbonyl (C=O) groups is 1. The summed E-state index contributed by atoms with van der Waals surface area (Å²) in [4.78, 5) is 24.7. The van der Waals surface area contributed by atoms with Crippen LogP contribution in [0.3, 0.4) is 0 Å². The molecule has 2 aliphatic carbocycles. The third-order valence-corrected chi connectivity index (χ3v) is 11.2. The molecule has 0 radical (unpaired) electrons. The third kappa shape index (κ3) is 5.50. The van der Waals surface area contributed by atoms with Crippen molar-refractivity contribution in [2.75, 3.05) is 17.6 Å². The molecule has 2 unspecified atom stereocenters. The second-order valence-corrected chi connectivity index (χ2v) is 14.2. The van der Waals surface area contributed by atoms with Crippen molar-refractivity contribution in [3.05, 3.63) is 100 Å². The summed E-state index contributed by atoms with van der Waals surface area (Å²) in [5.41, 5.74) is 2.54. The van der Waals surface area contributed by atoms with Crippen LogP contribution >= 0.6 is 11.8 Å². The van der Waals surface area contributed by atoms with Gasteiger partial charge in [-0.15, -0.1) is 11.8 Å². The van der Waals surface area contributed by atoms with Crippen molar-refractivity contribution < 1.29 is 18.1 Å². The average Bonchev–Trinajstić information content (AvgIpc) is 3.29. The van der Waals surface area contributed by atoms with E-state index in [4.69, 9.17) is 0 Å². The van der Waals surface area contributed by atoms with Gasteiger partial charge in [-0.25, -0.2) is 13.1 Å². The molecule has 41 heavy (non-hydrogen) atoms. The lowest BCUT2D eigenvalue weighted by atomic mass is 9.66. The van der Waals surface area contributed by atoms with Gasteiger partial charge in [0, 0.05) is 28.8 Å². The molecule has 2 bridgehead atoms. The lowest BCUT2D eigenvalue weighted by Crippen LogP contribution is -2.31. The van der Waals surface area contributed by atoms with Crippen LogP contribution in [-0.4, -0.2) is 31.5 Å². The predicted octanol–water partition coefficient (Wildman–Crippen LogP) is 6.76. The lowest BCUT2D eigenvalue weighted by molar-refractivity contribution is -0.384. The van der Waals surface area contributed by atoms with Gasteiger partial charge in [-0.1, -0.05) is 57.2 Å². The van der Waals surface area contributed by atoms with Gasteiger partial charge in [0.05, 0.1) is 9.82 Å². The van der Waals surface area contributed by atoms with E-state index in [9.17, 15) is 23.3 Å². The number of rotatable bonds is 10. The van der Waals surface area contributed by atoms with Gasteiger partial charge in [-0.05, 0) is 77.1 Å². The van der Waals surface area contributed by atoms with Crippen LogP contribution in [0.15, 0.2) is 88.7 Å². The molecule has 2 aliphatic rings. The number of nitrogens with one attached hydrogen (secondary N) is 2. The number of hydrogen-bond acceptors (Lipinski definition) is 7. The van der Waals surface area contributed by atoms with Gasteiger partial charge in [0.2, 0.25) is 0 Å². The number of nitrogens with zero attached hydrogens (tertiary/aromatic N) is 1. The number of thioether (sulfide) groups is 1. The minimum absolute atomic E-state index is 0.0568. The van der Waals surface area contributed by atoms with E-state index < -0.39 is 20.9 Å². The second-order valence-electron chi connectivity index (χ2n) is 11.3. The number of benzene rings is 3. The summed E-state index contributed by atoms with van der Waals surface area (Å²) in [6.45, 7) is 7.34. The maximum Gasteiger partial charge on any atom is 0.293 e. The van der Waals surface area contributed by atoms with Gasteiger partial charge in [-0.3, -0.25) is 14.9 Å². The van der Waals surface area contributed by atoms with Crippen LogP contribution in [-0.2, 0) is 10.0 Å². The summed E-state index contributed by atoms with van der Waals surface area (Å²) < 4.78 is 28.1. The number of fused-ring (bicyclic) bond motifs is 2. The summed E-state index contributed by atoms with van der Waals surface area (Å²) in [7, 11) is -4.35. The number of sulfonamides is 1. The Hall–Kier alpha value is -3.63. The zero-order chi connectivity index (χ0) is 29.4. The van der Waals surface area contributed by atoms with E-state index in [2.05, 4.69) is 36.9 Å². The molecule has 1 amide bonds. The molecule has 214 valence electrons. The van der Waals surface area contributed by atoms with Crippen molar-refractivity contribution in [2.24, 2.45) is 16.7 Å². The van der Waals surface area contributed by atoms with Crippen molar-refractivity contribution in [1.82, 2.24) is 4.72 Å². The molecule has 10 heteroatoms. The Morgan fingerprint density at radius 1 is 1.05 bits per heavy atom. The first-order valence-electron chi connectivity index (χ1n) is 13.5. The molecule has 0 saturated heterocycles. The van der Waals surface area contributed by atoms with E-state index >= 15 is 0 Å². The molecular formula is C31H33N3O5S2. The highest BCUT2D eigenvalue weighted by atomic mass is 32.2. The maximum absolute atomic E-state index is 13.0. The Bertz CT molecular complexity index is 1620. The fraction of sp³-hybridized carbons (Fsp3) is 0.323. The molecule has 0 aliphatic heterocycles. The van der Waals surface area contributed by atoms with Crippen molar-refractivity contribution in [3.63, 3.8) is 0 Å². The molecule has 0 spiro atoms. The van der Waals surface area contributed by atoms with Gasteiger partial charge >= 0.3 is 0 Å². The Morgan fingerprint density at radius 2 is 1.76 bits per heavy atom. The molecule has 8 nitrogen and oxygen atoms in total. The summed E-state index contributed by atoms with van der Waals surface area (Å²) in [6, 6.07) is 20.3. The van der Waals surface area contributed by atoms with Crippen molar-refractivity contribution in [2.45, 2.75) is 43.4 Å². The zero-order valence-corrected chi connectivity index (χ0v) is 24.8. The van der Waals surface area contributed by atoms with Gasteiger partial charge in [-0.2, -0.15) is 0 Å². The molecule has 0 aromatic heterocycles. The van der Waals surface area contributed by atoms with Crippen LogP contribution < -0.4 is 10.0 Å². The average molecular weight is 592 g/mol. The summed E-state index contributed by atoms with van der Waals surface area (Å²) in [5.74, 6) is 0.382. The fourth-order valence-corrected chi connectivity index (χ4v) is 7.78. The molecule has 5 rings (SSSR count). The minimum atomic E-state index is -4.35. The van der Waals surface area contributed by atoms with Crippen molar-refractivity contribution in [1.29, 1.82) is 0 Å². The Balaban J connectivity index is 1.25. The SMILES string of the molecule is CC12CCC(C=C1c1ccc(C(=O)NS(=O)(=O)c3ccc(NCCSc4ccccc4)c([N+](=O)[O-])c3)cc1)C2(C)C. The number of anilines is 1. The Morgan fingerprint density at radius 3 is 2.37 bits per heavy atom. The van der Waals surface area contributed by atoms with Crippen molar-refractivity contribution in [3.8, 4) is 0 Å². The van der Waals surface area contributed by atoms with Gasteiger partial charge in [0.25, 0.3) is 21.6 Å². The first-order valence-corrected chi connectivity index (χ1v) is 16.0. The standard InChI is InChI=1S/C31H33N3O5S2/c1-30(2)23-15-16-31(30,3)26(19-23)21-9-11-22(12-10-21)29(35)33-41(38,39)25-13-14-27(28(20-25)34(36)37)32-17-18-40-24-7-5-4-6-8-24/h4-14,19-20,23,32H,15-18H2,1-3H3,(H,33,35). The van der Waals surface area contributed by atoms with Crippen LogP contribution in [0.1, 0.15) is 49.5 Å². The molecule has 1 fully saturated rings. The Kier molecular flexibility index (Phi) is 7.74. The predicted molar refractivity (Wildman–Crippen MR) is 162 cm³/mol. The summed E-state index contributed by atoms with van der Waals surface area (Å²) >= 11 is 1.60. The number of nitro groups is 1. The van der Waals surface area contributed by atoms with Crippen LogP contribution in [0, 0.1) is 26.9 Å². The van der Waals surface area contributed by atoms with E-state index in [0.29, 0.717) is 18.2 Å². The van der Waals surface area contributed by atoms with Crippen LogP contribution in [0.5, 0.6) is 0 Å². The summed E-state index contributed by atoms with van der Waals surface area (Å²) in [5, 5.41) is 14.7.